The van der Waals surface area contributed by atoms with Gasteiger partial charge in [0, 0.05) is 23.5 Å². The van der Waals surface area contributed by atoms with Crippen molar-refractivity contribution in [2.45, 2.75) is 75.5 Å². The predicted octanol–water partition coefficient (Wildman–Crippen LogP) is 4.89. The van der Waals surface area contributed by atoms with Crippen molar-refractivity contribution in [2.75, 3.05) is 9.13 Å². The Morgan fingerprint density at radius 3 is 1.29 bits per heavy atom. The van der Waals surface area contributed by atoms with Crippen LogP contribution in [0.5, 0.6) is 0 Å². The van der Waals surface area contributed by atoms with Gasteiger partial charge in [0.15, 0.2) is 0 Å². The molecule has 4 heteroatoms. The van der Waals surface area contributed by atoms with E-state index in [1.54, 1.807) is 0 Å². The summed E-state index contributed by atoms with van der Waals surface area (Å²) in [5, 5.41) is 0. The molecule has 150 valence electrons. The first kappa shape index (κ1) is 19.8. The molecule has 0 N–H and O–H groups in total. The largest absolute Gasteiger partial charge is 0.401 e. The Bertz CT molecular complexity index is 621. The lowest BCUT2D eigenvalue weighted by molar-refractivity contribution is 0.696. The van der Waals surface area contributed by atoms with Crippen LogP contribution in [0.4, 0.5) is 11.4 Å². The minimum absolute atomic E-state index is 0.205. The summed E-state index contributed by atoms with van der Waals surface area (Å²) in [6, 6.07) is 27.2. The second-order valence-corrected chi connectivity index (χ2v) is 12.3. The summed E-state index contributed by atoms with van der Waals surface area (Å²) < 4.78 is 5.73. The Hall–Kier alpha value is -1.53. The molecule has 2 aliphatic rings. The van der Waals surface area contributed by atoms with Gasteiger partial charge < -0.3 is 9.13 Å². The van der Waals surface area contributed by atoms with Crippen LogP contribution in [0.15, 0.2) is 60.7 Å². The normalized spacial score (nSPS) is 18.7. The molecule has 0 spiro atoms. The summed E-state index contributed by atoms with van der Waals surface area (Å²) in [5.74, 6) is 0. The molecule has 28 heavy (non-hydrogen) atoms. The molecule has 0 bridgehead atoms. The number of anilines is 2. The first-order valence-corrected chi connectivity index (χ1v) is 14.8. The van der Waals surface area contributed by atoms with Crippen LogP contribution < -0.4 is 9.13 Å². The van der Waals surface area contributed by atoms with E-state index in [9.17, 15) is 0 Å². The molecule has 0 amide bonds. The van der Waals surface area contributed by atoms with Crippen molar-refractivity contribution < 1.29 is 0 Å². The van der Waals surface area contributed by atoms with Crippen molar-refractivity contribution in [3.05, 3.63) is 60.7 Å². The van der Waals surface area contributed by atoms with E-state index in [0.717, 1.165) is 12.1 Å². The monoisotopic (exact) mass is 408 g/mol. The van der Waals surface area contributed by atoms with Gasteiger partial charge in [0.2, 0.25) is 0 Å². The third kappa shape index (κ3) is 5.09. The minimum atomic E-state index is -0.205. The van der Waals surface area contributed by atoms with Crippen LogP contribution in [-0.4, -0.2) is 31.4 Å². The molecule has 2 nitrogen and oxygen atoms in total. The van der Waals surface area contributed by atoms with Gasteiger partial charge in [-0.25, -0.2) is 0 Å². The SMILES string of the molecule is c1ccc(N([SiH2]CC[SiH2]N(c2ccccc2)C2CCCC2)C2CCCC2)cc1. The number of para-hydroxylation sites is 2. The molecule has 4 rings (SSSR count). The average molecular weight is 409 g/mol. The second-order valence-electron chi connectivity index (χ2n) is 8.64. The molecule has 2 aliphatic carbocycles. The Morgan fingerprint density at radius 1 is 0.571 bits per heavy atom. The first-order chi connectivity index (χ1) is 13.9. The summed E-state index contributed by atoms with van der Waals surface area (Å²) in [6.45, 7) is 0. The van der Waals surface area contributed by atoms with E-state index >= 15 is 0 Å². The van der Waals surface area contributed by atoms with Crippen molar-refractivity contribution >= 4 is 30.7 Å². The molecular weight excluding hydrogens is 372 g/mol. The molecule has 0 heterocycles. The number of hydrogen-bond acceptors (Lipinski definition) is 2. The van der Waals surface area contributed by atoms with Crippen molar-refractivity contribution in [2.24, 2.45) is 0 Å². The number of hydrogen-bond donors (Lipinski definition) is 0. The molecule has 0 atom stereocenters. The molecule has 0 radical (unpaired) electrons. The van der Waals surface area contributed by atoms with Crippen molar-refractivity contribution in [3.63, 3.8) is 0 Å². The summed E-state index contributed by atoms with van der Waals surface area (Å²) in [6.07, 6.45) is 11.4. The van der Waals surface area contributed by atoms with Gasteiger partial charge in [-0.2, -0.15) is 0 Å². The van der Waals surface area contributed by atoms with E-state index in [-0.39, 0.29) is 19.4 Å². The van der Waals surface area contributed by atoms with E-state index in [4.69, 9.17) is 0 Å². The van der Waals surface area contributed by atoms with Crippen LogP contribution in [-0.2, 0) is 0 Å². The van der Waals surface area contributed by atoms with E-state index in [0.29, 0.717) is 0 Å². The molecule has 0 saturated heterocycles. The predicted molar refractivity (Wildman–Crippen MR) is 129 cm³/mol. The maximum Gasteiger partial charge on any atom is 0.124 e. The molecule has 0 aliphatic heterocycles. The smallest absolute Gasteiger partial charge is 0.124 e. The highest BCUT2D eigenvalue weighted by molar-refractivity contribution is 6.47. The lowest BCUT2D eigenvalue weighted by Crippen LogP contribution is -2.39. The fourth-order valence-electron chi connectivity index (χ4n) is 5.28. The molecule has 2 saturated carbocycles. The second kappa shape index (κ2) is 10.3. The van der Waals surface area contributed by atoms with Crippen LogP contribution in [0.2, 0.25) is 12.1 Å². The third-order valence-electron chi connectivity index (χ3n) is 6.75. The topological polar surface area (TPSA) is 6.48 Å². The zero-order chi connectivity index (χ0) is 19.0. The van der Waals surface area contributed by atoms with Crippen LogP contribution in [0.25, 0.3) is 0 Å². The lowest BCUT2D eigenvalue weighted by Gasteiger charge is -2.33. The van der Waals surface area contributed by atoms with Gasteiger partial charge in [-0.1, -0.05) is 62.1 Å². The fraction of sp³-hybridized carbons (Fsp3) is 0.500. The van der Waals surface area contributed by atoms with Gasteiger partial charge in [-0.05, 0) is 62.0 Å². The molecular formula is C24H36N2Si2. The van der Waals surface area contributed by atoms with Crippen molar-refractivity contribution in [1.29, 1.82) is 0 Å². The zero-order valence-corrected chi connectivity index (χ0v) is 20.1. The van der Waals surface area contributed by atoms with Gasteiger partial charge in [0.05, 0.1) is 0 Å². The summed E-state index contributed by atoms with van der Waals surface area (Å²) in [7, 11) is -0.411. The van der Waals surface area contributed by atoms with E-state index < -0.39 is 0 Å². The van der Waals surface area contributed by atoms with Gasteiger partial charge >= 0.3 is 0 Å². The van der Waals surface area contributed by atoms with Gasteiger partial charge in [-0.15, -0.1) is 0 Å². The Labute approximate surface area is 176 Å². The summed E-state index contributed by atoms with van der Waals surface area (Å²) >= 11 is 0. The summed E-state index contributed by atoms with van der Waals surface area (Å²) in [4.78, 5) is 0. The number of rotatable bonds is 9. The average Bonchev–Trinajstić information content (AvgIpc) is 3.46. The van der Waals surface area contributed by atoms with E-state index in [2.05, 4.69) is 69.8 Å². The van der Waals surface area contributed by atoms with Gasteiger partial charge in [0.25, 0.3) is 0 Å². The molecule has 0 unspecified atom stereocenters. The Balaban J connectivity index is 1.35. The van der Waals surface area contributed by atoms with Crippen LogP contribution >= 0.6 is 0 Å². The number of nitrogens with zero attached hydrogens (tertiary/aromatic N) is 2. The quantitative estimate of drug-likeness (QED) is 0.430. The maximum atomic E-state index is 2.86. The highest BCUT2D eigenvalue weighted by Gasteiger charge is 2.24. The van der Waals surface area contributed by atoms with Crippen LogP contribution in [0, 0.1) is 0 Å². The third-order valence-corrected chi connectivity index (χ3v) is 12.1. The Morgan fingerprint density at radius 2 is 0.929 bits per heavy atom. The summed E-state index contributed by atoms with van der Waals surface area (Å²) in [5.41, 5.74) is 3.00. The van der Waals surface area contributed by atoms with Crippen LogP contribution in [0.1, 0.15) is 51.4 Å². The van der Waals surface area contributed by atoms with Gasteiger partial charge in [0.1, 0.15) is 19.4 Å². The molecule has 0 aromatic heterocycles. The fourth-order valence-corrected chi connectivity index (χ4v) is 10.1. The number of benzene rings is 2. The standard InChI is InChI=1S/C24H36N2Si2/c1-3-11-21(12-4-1)25(23-15-7-8-16-23)27-19-20-28-26(24-17-9-10-18-24)22-13-5-2-6-14-22/h1-6,11-14,23-24H,7-10,15-20,27-28H2. The van der Waals surface area contributed by atoms with Crippen molar-refractivity contribution in [3.8, 4) is 0 Å². The highest BCUT2D eigenvalue weighted by atomic mass is 28.2. The van der Waals surface area contributed by atoms with E-state index in [1.165, 1.54) is 74.8 Å². The molecule has 2 fully saturated rings. The zero-order valence-electron chi connectivity index (χ0n) is 17.3. The maximum absolute atomic E-state index is 2.86. The first-order valence-electron chi connectivity index (χ1n) is 11.6. The lowest BCUT2D eigenvalue weighted by atomic mass is 10.2. The minimum Gasteiger partial charge on any atom is -0.401 e. The van der Waals surface area contributed by atoms with Crippen molar-refractivity contribution in [1.82, 2.24) is 0 Å². The van der Waals surface area contributed by atoms with E-state index in [1.807, 2.05) is 0 Å². The highest BCUT2D eigenvalue weighted by Crippen LogP contribution is 2.29. The van der Waals surface area contributed by atoms with Gasteiger partial charge in [-0.3, -0.25) is 0 Å². The Kier molecular flexibility index (Phi) is 7.28. The van der Waals surface area contributed by atoms with Crippen LogP contribution in [0.3, 0.4) is 0 Å². The molecule has 2 aromatic carbocycles. The molecule has 2 aromatic rings.